The second-order valence-corrected chi connectivity index (χ2v) is 3.57. The van der Waals surface area contributed by atoms with Gasteiger partial charge in [0.05, 0.1) is 5.71 Å². The van der Waals surface area contributed by atoms with E-state index in [1.54, 1.807) is 24.3 Å². The number of hydrogen-bond acceptors (Lipinski definition) is 3. The lowest BCUT2D eigenvalue weighted by molar-refractivity contribution is -0.0925. The fourth-order valence-corrected chi connectivity index (χ4v) is 1.44. The van der Waals surface area contributed by atoms with Gasteiger partial charge in [0.25, 0.3) is 0 Å². The van der Waals surface area contributed by atoms with Crippen LogP contribution in [0.5, 0.6) is 0 Å². The van der Waals surface area contributed by atoms with Crippen molar-refractivity contribution in [2.45, 2.75) is 12.7 Å². The number of hydrogen-bond donors (Lipinski definition) is 2. The molecule has 1 aromatic carbocycles. The lowest BCUT2D eigenvalue weighted by Crippen LogP contribution is -2.21. The Bertz CT molecular complexity index is 476. The maximum absolute atomic E-state index is 12.4. The molecule has 1 rings (SSSR count). The van der Waals surface area contributed by atoms with Crippen molar-refractivity contribution in [1.82, 2.24) is 0 Å². The molecule has 0 atom stereocenters. The van der Waals surface area contributed by atoms with E-state index in [1.165, 1.54) is 7.05 Å². The van der Waals surface area contributed by atoms with Crippen molar-refractivity contribution in [1.29, 1.82) is 0 Å². The number of allylic oxidation sites excluding steroid dienone is 2. The molecule has 0 radical (unpaired) electrons. The monoisotopic (exact) mass is 257 g/mol. The van der Waals surface area contributed by atoms with Crippen LogP contribution in [0, 0.1) is 0 Å². The van der Waals surface area contributed by atoms with Crippen LogP contribution in [0.25, 0.3) is 0 Å². The maximum Gasteiger partial charge on any atom is 0.430 e. The molecule has 0 saturated heterocycles. The predicted molar refractivity (Wildman–Crippen MR) is 65.1 cm³/mol. The summed E-state index contributed by atoms with van der Waals surface area (Å²) in [6, 6.07) is 6.86. The summed E-state index contributed by atoms with van der Waals surface area (Å²) in [5, 5.41) is 0. The first-order valence-electron chi connectivity index (χ1n) is 5.19. The molecule has 0 aromatic heterocycles. The second-order valence-electron chi connectivity index (χ2n) is 3.57. The van der Waals surface area contributed by atoms with Crippen LogP contribution in [0.4, 0.5) is 13.2 Å². The zero-order valence-electron chi connectivity index (χ0n) is 9.83. The van der Waals surface area contributed by atoms with E-state index in [1.807, 2.05) is 0 Å². The Morgan fingerprint density at radius 2 is 1.94 bits per heavy atom. The van der Waals surface area contributed by atoms with Gasteiger partial charge in [0, 0.05) is 19.2 Å². The Morgan fingerprint density at radius 3 is 2.44 bits per heavy atom. The number of nitrogens with zero attached hydrogens (tertiary/aromatic N) is 1. The van der Waals surface area contributed by atoms with Gasteiger partial charge in [0.1, 0.15) is 5.70 Å². The molecule has 3 nitrogen and oxygen atoms in total. The summed E-state index contributed by atoms with van der Waals surface area (Å²) in [7, 11) is 1.41. The third-order valence-corrected chi connectivity index (χ3v) is 2.37. The van der Waals surface area contributed by atoms with Gasteiger partial charge < -0.3 is 11.5 Å². The second kappa shape index (κ2) is 5.68. The van der Waals surface area contributed by atoms with Crippen LogP contribution in [0.1, 0.15) is 11.1 Å². The number of halogens is 3. The molecule has 18 heavy (non-hydrogen) atoms. The summed E-state index contributed by atoms with van der Waals surface area (Å²) in [6.07, 6.45) is -3.75. The predicted octanol–water partition coefficient (Wildman–Crippen LogP) is 1.97. The summed E-state index contributed by atoms with van der Waals surface area (Å²) in [6.45, 7) is 0.217. The molecule has 4 N–H and O–H groups in total. The Kier molecular flexibility index (Phi) is 4.49. The van der Waals surface area contributed by atoms with E-state index < -0.39 is 11.9 Å². The molecule has 0 aliphatic carbocycles. The molecule has 0 bridgehead atoms. The fourth-order valence-electron chi connectivity index (χ4n) is 1.44. The van der Waals surface area contributed by atoms with E-state index in [-0.39, 0.29) is 12.3 Å². The Balaban J connectivity index is 3.21. The Hall–Kier alpha value is -1.82. The largest absolute Gasteiger partial charge is 0.430 e. The molecule has 1 aromatic rings. The van der Waals surface area contributed by atoms with E-state index in [2.05, 4.69) is 4.99 Å². The van der Waals surface area contributed by atoms with Gasteiger partial charge in [-0.3, -0.25) is 4.99 Å². The minimum absolute atomic E-state index is 0.158. The lowest BCUT2D eigenvalue weighted by Gasteiger charge is -2.10. The van der Waals surface area contributed by atoms with E-state index in [4.69, 9.17) is 11.5 Å². The molecule has 0 unspecified atom stereocenters. The van der Waals surface area contributed by atoms with Gasteiger partial charge in [0.15, 0.2) is 0 Å². The molecule has 0 amide bonds. The van der Waals surface area contributed by atoms with Crippen molar-refractivity contribution in [2.24, 2.45) is 16.5 Å². The third kappa shape index (κ3) is 3.33. The van der Waals surface area contributed by atoms with Gasteiger partial charge in [-0.15, -0.1) is 0 Å². The van der Waals surface area contributed by atoms with Gasteiger partial charge >= 0.3 is 6.18 Å². The first-order valence-corrected chi connectivity index (χ1v) is 5.19. The summed E-state index contributed by atoms with van der Waals surface area (Å²) >= 11 is 0. The molecular formula is C12H14F3N3. The molecule has 0 spiro atoms. The van der Waals surface area contributed by atoms with E-state index in [0.717, 1.165) is 6.08 Å². The SMILES string of the molecule is CN=C(C=C(N)C(F)(F)F)c1ccccc1CN. The van der Waals surface area contributed by atoms with Crippen LogP contribution in [0.3, 0.4) is 0 Å². The minimum Gasteiger partial charge on any atom is -0.395 e. The van der Waals surface area contributed by atoms with Gasteiger partial charge in [-0.2, -0.15) is 13.2 Å². The highest BCUT2D eigenvalue weighted by molar-refractivity contribution is 6.10. The molecule has 0 fully saturated rings. The topological polar surface area (TPSA) is 64.4 Å². The van der Waals surface area contributed by atoms with Crippen LogP contribution in [0.15, 0.2) is 41.0 Å². The molecule has 0 heterocycles. The average Bonchev–Trinajstić information content (AvgIpc) is 2.34. The van der Waals surface area contributed by atoms with Crippen molar-refractivity contribution in [3.8, 4) is 0 Å². The zero-order valence-corrected chi connectivity index (χ0v) is 9.83. The Labute approximate surface area is 103 Å². The first kappa shape index (κ1) is 14.2. The van der Waals surface area contributed by atoms with E-state index in [0.29, 0.717) is 11.1 Å². The Morgan fingerprint density at radius 1 is 1.33 bits per heavy atom. The van der Waals surface area contributed by atoms with Crippen LogP contribution in [-0.2, 0) is 6.54 Å². The number of nitrogens with two attached hydrogens (primary N) is 2. The third-order valence-electron chi connectivity index (χ3n) is 2.37. The number of alkyl halides is 3. The van der Waals surface area contributed by atoms with Crippen LogP contribution in [-0.4, -0.2) is 18.9 Å². The average molecular weight is 257 g/mol. The number of aliphatic imine (C=N–C) groups is 1. The minimum atomic E-state index is -4.56. The molecule has 0 saturated carbocycles. The van der Waals surface area contributed by atoms with Gasteiger partial charge in [-0.1, -0.05) is 24.3 Å². The maximum atomic E-state index is 12.4. The van der Waals surface area contributed by atoms with E-state index in [9.17, 15) is 13.2 Å². The molecule has 6 heteroatoms. The highest BCUT2D eigenvalue weighted by Crippen LogP contribution is 2.22. The lowest BCUT2D eigenvalue weighted by atomic mass is 10.0. The number of rotatable bonds is 3. The summed E-state index contributed by atoms with van der Waals surface area (Å²) in [4.78, 5) is 3.83. The van der Waals surface area contributed by atoms with Crippen molar-refractivity contribution < 1.29 is 13.2 Å². The van der Waals surface area contributed by atoms with Crippen LogP contribution in [0.2, 0.25) is 0 Å². The number of benzene rings is 1. The summed E-state index contributed by atoms with van der Waals surface area (Å²) in [5.74, 6) is 0. The first-order chi connectivity index (χ1) is 8.40. The highest BCUT2D eigenvalue weighted by Gasteiger charge is 2.31. The quantitative estimate of drug-likeness (QED) is 0.813. The van der Waals surface area contributed by atoms with Gasteiger partial charge in [-0.05, 0) is 11.6 Å². The summed E-state index contributed by atoms with van der Waals surface area (Å²) < 4.78 is 37.1. The summed E-state index contributed by atoms with van der Waals surface area (Å²) in [5.41, 5.74) is 10.7. The zero-order chi connectivity index (χ0) is 13.8. The van der Waals surface area contributed by atoms with Gasteiger partial charge in [-0.25, -0.2) is 0 Å². The molecule has 0 aliphatic rings. The van der Waals surface area contributed by atoms with Crippen molar-refractivity contribution in [3.63, 3.8) is 0 Å². The van der Waals surface area contributed by atoms with Crippen molar-refractivity contribution >= 4 is 5.71 Å². The normalized spacial score (nSPS) is 13.8. The van der Waals surface area contributed by atoms with Crippen LogP contribution < -0.4 is 11.5 Å². The van der Waals surface area contributed by atoms with Crippen molar-refractivity contribution in [3.05, 3.63) is 47.2 Å². The molecular weight excluding hydrogens is 243 g/mol. The van der Waals surface area contributed by atoms with Crippen LogP contribution >= 0.6 is 0 Å². The van der Waals surface area contributed by atoms with Crippen molar-refractivity contribution in [2.75, 3.05) is 7.05 Å². The smallest absolute Gasteiger partial charge is 0.395 e. The molecule has 0 aliphatic heterocycles. The molecule has 98 valence electrons. The standard InChI is InChI=1S/C12H14F3N3/c1-18-10(6-11(17)12(13,14)15)9-5-3-2-4-8(9)7-16/h2-6H,7,16-17H2,1H3. The van der Waals surface area contributed by atoms with E-state index >= 15 is 0 Å². The fraction of sp³-hybridized carbons (Fsp3) is 0.250. The highest BCUT2D eigenvalue weighted by atomic mass is 19.4. The van der Waals surface area contributed by atoms with Gasteiger partial charge in [0.2, 0.25) is 0 Å².